The van der Waals surface area contributed by atoms with Gasteiger partial charge in [-0.3, -0.25) is 0 Å². The van der Waals surface area contributed by atoms with E-state index in [0.717, 1.165) is 12.8 Å². The second kappa shape index (κ2) is 2.53. The Morgan fingerprint density at radius 3 is 2.00 bits per heavy atom. The van der Waals surface area contributed by atoms with Gasteiger partial charge in [-0.15, -0.1) is 0 Å². The van der Waals surface area contributed by atoms with Gasteiger partial charge >= 0.3 is 6.43 Å². The van der Waals surface area contributed by atoms with Gasteiger partial charge in [0.1, 0.15) is 0 Å². The molecule has 0 heterocycles. The van der Waals surface area contributed by atoms with Crippen LogP contribution < -0.4 is 0 Å². The van der Waals surface area contributed by atoms with Crippen LogP contribution in [0.25, 0.3) is 4.85 Å². The zero-order valence-electron chi connectivity index (χ0n) is 5.61. The predicted octanol–water partition coefficient (Wildman–Crippen LogP) is 2.48. The number of hydrogen-bond acceptors (Lipinski definition) is 0. The van der Waals surface area contributed by atoms with Gasteiger partial charge < -0.3 is 4.85 Å². The SMILES string of the molecule is [C-]#[N+]C1(C(F)F)CCCC1. The summed E-state index contributed by atoms with van der Waals surface area (Å²) in [5, 5.41) is 0. The Balaban J connectivity index is 2.70. The monoisotopic (exact) mass is 145 g/mol. The van der Waals surface area contributed by atoms with Crippen LogP contribution in [-0.2, 0) is 0 Å². The number of nitrogens with zero attached hydrogens (tertiary/aromatic N) is 1. The molecule has 0 aliphatic heterocycles. The van der Waals surface area contributed by atoms with Crippen LogP contribution in [0.3, 0.4) is 0 Å². The minimum Gasteiger partial charge on any atom is -0.304 e. The summed E-state index contributed by atoms with van der Waals surface area (Å²) in [6.07, 6.45) is -0.116. The third-order valence-electron chi connectivity index (χ3n) is 2.10. The Morgan fingerprint density at radius 2 is 1.80 bits per heavy atom. The van der Waals surface area contributed by atoms with Gasteiger partial charge in [0.05, 0.1) is 0 Å². The summed E-state index contributed by atoms with van der Waals surface area (Å²) < 4.78 is 24.4. The summed E-state index contributed by atoms with van der Waals surface area (Å²) in [5.41, 5.74) is -1.31. The molecule has 0 aromatic carbocycles. The molecule has 0 radical (unpaired) electrons. The predicted molar refractivity (Wildman–Crippen MR) is 33.8 cm³/mol. The lowest BCUT2D eigenvalue weighted by Gasteiger charge is -2.12. The van der Waals surface area contributed by atoms with E-state index in [9.17, 15) is 8.78 Å². The fourth-order valence-electron chi connectivity index (χ4n) is 1.37. The molecule has 1 saturated carbocycles. The summed E-state index contributed by atoms with van der Waals surface area (Å²) in [6.45, 7) is 6.62. The Morgan fingerprint density at radius 1 is 1.30 bits per heavy atom. The first-order chi connectivity index (χ1) is 4.71. The lowest BCUT2D eigenvalue weighted by atomic mass is 10.0. The van der Waals surface area contributed by atoms with E-state index < -0.39 is 12.0 Å². The van der Waals surface area contributed by atoms with Gasteiger partial charge in [-0.2, -0.15) is 0 Å². The van der Waals surface area contributed by atoms with E-state index in [1.54, 1.807) is 0 Å². The molecule has 3 heteroatoms. The van der Waals surface area contributed by atoms with Crippen molar-refractivity contribution in [1.29, 1.82) is 0 Å². The first-order valence-corrected chi connectivity index (χ1v) is 3.38. The molecule has 0 N–H and O–H groups in total. The maximum atomic E-state index is 12.2. The van der Waals surface area contributed by atoms with Crippen molar-refractivity contribution in [3.63, 3.8) is 0 Å². The molecular formula is C7H9F2N. The largest absolute Gasteiger partial charge is 0.314 e. The van der Waals surface area contributed by atoms with Crippen molar-refractivity contribution in [3.05, 3.63) is 11.4 Å². The number of alkyl halides is 2. The van der Waals surface area contributed by atoms with Gasteiger partial charge in [0.15, 0.2) is 0 Å². The topological polar surface area (TPSA) is 4.36 Å². The quantitative estimate of drug-likeness (QED) is 0.499. The Hall–Kier alpha value is -0.650. The van der Waals surface area contributed by atoms with E-state index in [2.05, 4.69) is 4.85 Å². The Bertz CT molecular complexity index is 153. The number of rotatable bonds is 1. The molecule has 56 valence electrons. The van der Waals surface area contributed by atoms with E-state index in [-0.39, 0.29) is 0 Å². The summed E-state index contributed by atoms with van der Waals surface area (Å²) in [7, 11) is 0. The van der Waals surface area contributed by atoms with Crippen molar-refractivity contribution in [2.45, 2.75) is 37.6 Å². The van der Waals surface area contributed by atoms with Gasteiger partial charge in [-0.25, -0.2) is 15.4 Å². The maximum absolute atomic E-state index is 12.2. The molecule has 10 heavy (non-hydrogen) atoms. The molecular weight excluding hydrogens is 136 g/mol. The minimum absolute atomic E-state index is 0.383. The maximum Gasteiger partial charge on any atom is 0.314 e. The van der Waals surface area contributed by atoms with Crippen molar-refractivity contribution in [3.8, 4) is 0 Å². The molecule has 0 amide bonds. The number of hydrogen-bond donors (Lipinski definition) is 0. The van der Waals surface area contributed by atoms with E-state index in [1.807, 2.05) is 0 Å². The van der Waals surface area contributed by atoms with E-state index >= 15 is 0 Å². The van der Waals surface area contributed by atoms with E-state index in [0.29, 0.717) is 12.8 Å². The normalized spacial score (nSPS) is 23.0. The molecule has 1 fully saturated rings. The lowest BCUT2D eigenvalue weighted by Crippen LogP contribution is -2.29. The fraction of sp³-hybridized carbons (Fsp3) is 0.857. The van der Waals surface area contributed by atoms with Crippen LogP contribution in [-0.4, -0.2) is 12.0 Å². The molecule has 0 bridgehead atoms. The lowest BCUT2D eigenvalue weighted by molar-refractivity contribution is 0.0783. The third kappa shape index (κ3) is 0.985. The molecule has 0 atom stereocenters. The number of halogens is 2. The molecule has 1 nitrogen and oxygen atoms in total. The summed E-state index contributed by atoms with van der Waals surface area (Å²) in [5.74, 6) is 0. The van der Waals surface area contributed by atoms with Crippen LogP contribution in [0.15, 0.2) is 0 Å². The Kier molecular flexibility index (Phi) is 1.89. The van der Waals surface area contributed by atoms with Crippen LogP contribution in [0.2, 0.25) is 0 Å². The van der Waals surface area contributed by atoms with Crippen molar-refractivity contribution in [2.75, 3.05) is 0 Å². The molecule has 0 unspecified atom stereocenters. The molecule has 0 saturated heterocycles. The highest BCUT2D eigenvalue weighted by atomic mass is 19.3. The summed E-state index contributed by atoms with van der Waals surface area (Å²) >= 11 is 0. The second-order valence-corrected chi connectivity index (χ2v) is 2.72. The van der Waals surface area contributed by atoms with Gasteiger partial charge in [0, 0.05) is 12.8 Å². The van der Waals surface area contributed by atoms with Gasteiger partial charge in [-0.05, 0) is 12.8 Å². The highest BCUT2D eigenvalue weighted by Gasteiger charge is 2.49. The molecule has 0 spiro atoms. The molecule has 0 aromatic heterocycles. The van der Waals surface area contributed by atoms with Gasteiger partial charge in [-0.1, -0.05) is 0 Å². The van der Waals surface area contributed by atoms with Gasteiger partial charge in [0.2, 0.25) is 0 Å². The van der Waals surface area contributed by atoms with Gasteiger partial charge in [0.25, 0.3) is 5.54 Å². The average molecular weight is 145 g/mol. The second-order valence-electron chi connectivity index (χ2n) is 2.72. The van der Waals surface area contributed by atoms with Crippen molar-refractivity contribution in [2.24, 2.45) is 0 Å². The molecule has 1 aliphatic rings. The van der Waals surface area contributed by atoms with Crippen molar-refractivity contribution in [1.82, 2.24) is 0 Å². The van der Waals surface area contributed by atoms with Crippen molar-refractivity contribution >= 4 is 0 Å². The minimum atomic E-state index is -2.45. The fourth-order valence-corrected chi connectivity index (χ4v) is 1.37. The third-order valence-corrected chi connectivity index (χ3v) is 2.10. The first kappa shape index (κ1) is 7.46. The summed E-state index contributed by atoms with van der Waals surface area (Å²) in [6, 6.07) is 0. The Labute approximate surface area is 58.9 Å². The van der Waals surface area contributed by atoms with Crippen LogP contribution >= 0.6 is 0 Å². The van der Waals surface area contributed by atoms with Crippen LogP contribution in [0, 0.1) is 6.57 Å². The molecule has 1 aliphatic carbocycles. The highest BCUT2D eigenvalue weighted by molar-refractivity contribution is 5.03. The smallest absolute Gasteiger partial charge is 0.304 e. The first-order valence-electron chi connectivity index (χ1n) is 3.38. The van der Waals surface area contributed by atoms with E-state index in [1.165, 1.54) is 0 Å². The zero-order chi connectivity index (χ0) is 7.61. The molecule has 1 rings (SSSR count). The van der Waals surface area contributed by atoms with Crippen LogP contribution in [0.5, 0.6) is 0 Å². The zero-order valence-corrected chi connectivity index (χ0v) is 5.61. The summed E-state index contributed by atoms with van der Waals surface area (Å²) in [4.78, 5) is 3.02. The highest BCUT2D eigenvalue weighted by Crippen LogP contribution is 2.38. The standard InChI is InChI=1S/C7H9F2N/c1-10-7(6(8)9)4-2-3-5-7/h6H,2-5H2. The van der Waals surface area contributed by atoms with Crippen molar-refractivity contribution < 1.29 is 8.78 Å². The van der Waals surface area contributed by atoms with E-state index in [4.69, 9.17) is 6.57 Å². The van der Waals surface area contributed by atoms with Crippen LogP contribution in [0.4, 0.5) is 8.78 Å². The van der Waals surface area contributed by atoms with Crippen LogP contribution in [0.1, 0.15) is 25.7 Å². The molecule has 0 aromatic rings. The average Bonchev–Trinajstić information content (AvgIpc) is 2.35.